The minimum atomic E-state index is -0.0762. The zero-order valence-corrected chi connectivity index (χ0v) is 13.8. The van der Waals surface area contributed by atoms with Gasteiger partial charge in [0.2, 0.25) is 0 Å². The number of benzene rings is 2. The van der Waals surface area contributed by atoms with Gasteiger partial charge in [0.1, 0.15) is 12.4 Å². The maximum Gasteiger partial charge on any atom is 0.251 e. The van der Waals surface area contributed by atoms with Crippen molar-refractivity contribution in [2.45, 2.75) is 26.5 Å². The van der Waals surface area contributed by atoms with E-state index in [1.54, 1.807) is 24.3 Å². The highest BCUT2D eigenvalue weighted by Gasteiger charge is 2.07. The molecule has 3 rings (SSSR count). The quantitative estimate of drug-likeness (QED) is 0.774. The summed E-state index contributed by atoms with van der Waals surface area (Å²) in [6, 6.07) is 19.3. The summed E-state index contributed by atoms with van der Waals surface area (Å²) < 4.78 is 5.76. The van der Waals surface area contributed by atoms with Gasteiger partial charge in [-0.05, 0) is 50.2 Å². The van der Waals surface area contributed by atoms with Crippen LogP contribution in [0.4, 0.5) is 0 Å². The van der Waals surface area contributed by atoms with E-state index in [0.717, 1.165) is 16.6 Å². The van der Waals surface area contributed by atoms with E-state index in [4.69, 9.17) is 4.74 Å². The molecule has 0 unspecified atom stereocenters. The van der Waals surface area contributed by atoms with Crippen molar-refractivity contribution in [2.75, 3.05) is 0 Å². The lowest BCUT2D eigenvalue weighted by Crippen LogP contribution is -2.29. The zero-order chi connectivity index (χ0) is 16.9. The molecule has 1 aromatic heterocycles. The molecule has 2 aromatic carbocycles. The Hall–Kier alpha value is -2.88. The SMILES string of the molecule is CC(C)NC(=O)c1ccc(OCc2ccc3ccccc3n2)cc1. The topological polar surface area (TPSA) is 51.2 Å². The van der Waals surface area contributed by atoms with Crippen molar-refractivity contribution in [1.82, 2.24) is 10.3 Å². The van der Waals surface area contributed by atoms with Gasteiger partial charge in [0.25, 0.3) is 5.91 Å². The summed E-state index contributed by atoms with van der Waals surface area (Å²) in [6.45, 7) is 4.26. The summed E-state index contributed by atoms with van der Waals surface area (Å²) in [5.41, 5.74) is 2.45. The molecule has 0 aliphatic heterocycles. The predicted octanol–water partition coefficient (Wildman–Crippen LogP) is 3.95. The van der Waals surface area contributed by atoms with Crippen molar-refractivity contribution >= 4 is 16.8 Å². The summed E-state index contributed by atoms with van der Waals surface area (Å²) in [5.74, 6) is 0.638. The molecule has 0 radical (unpaired) electrons. The van der Waals surface area contributed by atoms with Gasteiger partial charge in [0, 0.05) is 17.0 Å². The summed E-state index contributed by atoms with van der Waals surface area (Å²) in [4.78, 5) is 16.5. The number of para-hydroxylation sites is 1. The van der Waals surface area contributed by atoms with E-state index in [0.29, 0.717) is 17.9 Å². The number of nitrogens with one attached hydrogen (secondary N) is 1. The molecule has 3 aromatic rings. The first-order chi connectivity index (χ1) is 11.6. The molecule has 0 saturated heterocycles. The molecule has 1 N–H and O–H groups in total. The number of pyridine rings is 1. The molecule has 1 heterocycles. The number of rotatable bonds is 5. The molecule has 0 spiro atoms. The van der Waals surface area contributed by atoms with Gasteiger partial charge in [-0.25, -0.2) is 4.98 Å². The number of aromatic nitrogens is 1. The predicted molar refractivity (Wildman–Crippen MR) is 95.1 cm³/mol. The van der Waals surface area contributed by atoms with Crippen LogP contribution >= 0.6 is 0 Å². The first-order valence-corrected chi connectivity index (χ1v) is 8.00. The molecule has 0 bridgehead atoms. The van der Waals surface area contributed by atoms with Crippen LogP contribution in [0.15, 0.2) is 60.7 Å². The molecular weight excluding hydrogens is 300 g/mol. The summed E-state index contributed by atoms with van der Waals surface area (Å²) in [7, 11) is 0. The molecule has 0 aliphatic rings. The van der Waals surface area contributed by atoms with Crippen LogP contribution in [0.25, 0.3) is 10.9 Å². The van der Waals surface area contributed by atoms with Gasteiger partial charge >= 0.3 is 0 Å². The lowest BCUT2D eigenvalue weighted by Gasteiger charge is -2.10. The molecule has 0 saturated carbocycles. The lowest BCUT2D eigenvalue weighted by atomic mass is 10.2. The molecule has 0 aliphatic carbocycles. The summed E-state index contributed by atoms with van der Waals surface area (Å²) in [5, 5.41) is 3.98. The molecular formula is C20H20N2O2. The number of amides is 1. The zero-order valence-electron chi connectivity index (χ0n) is 13.8. The molecule has 0 atom stereocenters. The third-order valence-corrected chi connectivity index (χ3v) is 3.58. The van der Waals surface area contributed by atoms with Crippen LogP contribution in [0.1, 0.15) is 29.9 Å². The Bertz CT molecular complexity index is 842. The Morgan fingerprint density at radius 3 is 2.54 bits per heavy atom. The van der Waals surface area contributed by atoms with Gasteiger partial charge in [-0.3, -0.25) is 4.79 Å². The van der Waals surface area contributed by atoms with Gasteiger partial charge in [0.05, 0.1) is 11.2 Å². The van der Waals surface area contributed by atoms with Gasteiger partial charge in [-0.1, -0.05) is 24.3 Å². The fraction of sp³-hybridized carbons (Fsp3) is 0.200. The standard InChI is InChI=1S/C20H20N2O2/c1-14(2)21-20(23)16-8-11-18(12-9-16)24-13-17-10-7-15-5-3-4-6-19(15)22-17/h3-12,14H,13H2,1-2H3,(H,21,23). The van der Waals surface area contributed by atoms with Crippen molar-refractivity contribution in [2.24, 2.45) is 0 Å². The van der Waals surface area contributed by atoms with E-state index in [9.17, 15) is 4.79 Å². The summed E-state index contributed by atoms with van der Waals surface area (Å²) >= 11 is 0. The van der Waals surface area contributed by atoms with E-state index in [1.165, 1.54) is 0 Å². The van der Waals surface area contributed by atoms with Crippen molar-refractivity contribution in [3.8, 4) is 5.75 Å². The lowest BCUT2D eigenvalue weighted by molar-refractivity contribution is 0.0943. The Morgan fingerprint density at radius 2 is 1.79 bits per heavy atom. The number of carbonyl (C=O) groups excluding carboxylic acids is 1. The third-order valence-electron chi connectivity index (χ3n) is 3.58. The first kappa shape index (κ1) is 16.0. The molecule has 4 nitrogen and oxygen atoms in total. The van der Waals surface area contributed by atoms with Crippen LogP contribution in [0.2, 0.25) is 0 Å². The number of fused-ring (bicyclic) bond motifs is 1. The van der Waals surface area contributed by atoms with Crippen molar-refractivity contribution in [3.05, 3.63) is 71.9 Å². The van der Waals surface area contributed by atoms with E-state index in [-0.39, 0.29) is 11.9 Å². The average Bonchev–Trinajstić information content (AvgIpc) is 2.59. The maximum absolute atomic E-state index is 11.9. The van der Waals surface area contributed by atoms with E-state index < -0.39 is 0 Å². The van der Waals surface area contributed by atoms with Crippen LogP contribution in [0.5, 0.6) is 5.75 Å². The first-order valence-electron chi connectivity index (χ1n) is 8.00. The number of hydrogen-bond acceptors (Lipinski definition) is 3. The second-order valence-electron chi connectivity index (χ2n) is 5.94. The number of nitrogens with zero attached hydrogens (tertiary/aromatic N) is 1. The highest BCUT2D eigenvalue weighted by Crippen LogP contribution is 2.16. The van der Waals surface area contributed by atoms with Gasteiger partial charge in [-0.2, -0.15) is 0 Å². The monoisotopic (exact) mass is 320 g/mol. The van der Waals surface area contributed by atoms with Gasteiger partial charge in [0.15, 0.2) is 0 Å². The van der Waals surface area contributed by atoms with Crippen LogP contribution in [-0.2, 0) is 6.61 Å². The number of hydrogen-bond donors (Lipinski definition) is 1. The van der Waals surface area contributed by atoms with E-state index in [1.807, 2.05) is 50.2 Å². The largest absolute Gasteiger partial charge is 0.487 e. The number of ether oxygens (including phenoxy) is 1. The van der Waals surface area contributed by atoms with Gasteiger partial charge < -0.3 is 10.1 Å². The van der Waals surface area contributed by atoms with E-state index in [2.05, 4.69) is 10.3 Å². The highest BCUT2D eigenvalue weighted by molar-refractivity contribution is 5.94. The molecule has 0 fully saturated rings. The van der Waals surface area contributed by atoms with Crippen LogP contribution < -0.4 is 10.1 Å². The Kier molecular flexibility index (Phi) is 4.75. The minimum Gasteiger partial charge on any atom is -0.487 e. The molecule has 4 heteroatoms. The average molecular weight is 320 g/mol. The Balaban J connectivity index is 1.64. The summed E-state index contributed by atoms with van der Waals surface area (Å²) in [6.07, 6.45) is 0. The highest BCUT2D eigenvalue weighted by atomic mass is 16.5. The Labute approximate surface area is 141 Å². The molecule has 1 amide bonds. The van der Waals surface area contributed by atoms with E-state index >= 15 is 0 Å². The van der Waals surface area contributed by atoms with Crippen molar-refractivity contribution in [3.63, 3.8) is 0 Å². The van der Waals surface area contributed by atoms with Crippen LogP contribution in [0, 0.1) is 0 Å². The van der Waals surface area contributed by atoms with Crippen LogP contribution in [-0.4, -0.2) is 16.9 Å². The Morgan fingerprint density at radius 1 is 1.04 bits per heavy atom. The fourth-order valence-electron chi connectivity index (χ4n) is 2.39. The maximum atomic E-state index is 11.9. The minimum absolute atomic E-state index is 0.0762. The van der Waals surface area contributed by atoms with Gasteiger partial charge in [-0.15, -0.1) is 0 Å². The van der Waals surface area contributed by atoms with Crippen LogP contribution in [0.3, 0.4) is 0 Å². The fourth-order valence-corrected chi connectivity index (χ4v) is 2.39. The molecule has 122 valence electrons. The van der Waals surface area contributed by atoms with Crippen molar-refractivity contribution in [1.29, 1.82) is 0 Å². The third kappa shape index (κ3) is 3.90. The second kappa shape index (κ2) is 7.13. The number of carbonyl (C=O) groups is 1. The van der Waals surface area contributed by atoms with Crippen molar-refractivity contribution < 1.29 is 9.53 Å². The second-order valence-corrected chi connectivity index (χ2v) is 5.94. The smallest absolute Gasteiger partial charge is 0.251 e. The normalized spacial score (nSPS) is 10.8. The molecule has 24 heavy (non-hydrogen) atoms.